The fourth-order valence-corrected chi connectivity index (χ4v) is 3.22. The number of nitrogens with zero attached hydrogens (tertiary/aromatic N) is 2. The molecule has 0 bridgehead atoms. The van der Waals surface area contributed by atoms with Crippen molar-refractivity contribution in [1.82, 2.24) is 9.55 Å². The van der Waals surface area contributed by atoms with Gasteiger partial charge in [-0.2, -0.15) is 0 Å². The Morgan fingerprint density at radius 2 is 2.28 bits per heavy atom. The molecule has 1 aromatic heterocycles. The summed E-state index contributed by atoms with van der Waals surface area (Å²) in [4.78, 5) is 4.51. The van der Waals surface area contributed by atoms with Crippen LogP contribution in [0.5, 0.6) is 0 Å². The van der Waals surface area contributed by atoms with Crippen LogP contribution in [0.3, 0.4) is 0 Å². The fourth-order valence-electron chi connectivity index (χ4n) is 3.03. The van der Waals surface area contributed by atoms with Crippen LogP contribution in [0.25, 0.3) is 11.0 Å². The highest BCUT2D eigenvalue weighted by molar-refractivity contribution is 6.16. The zero-order valence-electron chi connectivity index (χ0n) is 10.4. The molecule has 2 aromatic rings. The van der Waals surface area contributed by atoms with Crippen molar-refractivity contribution in [2.24, 2.45) is 5.92 Å². The van der Waals surface area contributed by atoms with E-state index in [-0.39, 0.29) is 5.82 Å². The highest BCUT2D eigenvalue weighted by Gasteiger charge is 2.26. The van der Waals surface area contributed by atoms with Crippen molar-refractivity contribution < 1.29 is 4.39 Å². The lowest BCUT2D eigenvalue weighted by molar-refractivity contribution is 0.493. The average molecular weight is 267 g/mol. The minimum atomic E-state index is -0.212. The molecule has 1 saturated carbocycles. The summed E-state index contributed by atoms with van der Waals surface area (Å²) >= 11 is 5.98. The Kier molecular flexibility index (Phi) is 3.02. The monoisotopic (exact) mass is 266 g/mol. The summed E-state index contributed by atoms with van der Waals surface area (Å²) in [5.41, 5.74) is 1.72. The van der Waals surface area contributed by atoms with Gasteiger partial charge in [-0.1, -0.05) is 6.92 Å². The molecular formula is C14H16ClFN2. The Morgan fingerprint density at radius 3 is 2.94 bits per heavy atom. The fraction of sp³-hybridized carbons (Fsp3) is 0.500. The Morgan fingerprint density at radius 1 is 1.44 bits per heavy atom. The highest BCUT2D eigenvalue weighted by Crippen LogP contribution is 2.37. The first-order valence-electron chi connectivity index (χ1n) is 6.41. The Bertz CT molecular complexity index is 578. The Hall–Kier alpha value is -1.09. The van der Waals surface area contributed by atoms with E-state index in [1.54, 1.807) is 12.1 Å². The number of aromatic nitrogens is 2. The molecule has 1 heterocycles. The molecular weight excluding hydrogens is 251 g/mol. The van der Waals surface area contributed by atoms with Gasteiger partial charge in [0.2, 0.25) is 0 Å². The maximum absolute atomic E-state index is 13.4. The molecule has 0 aliphatic heterocycles. The Labute approximate surface area is 111 Å². The molecule has 1 aromatic carbocycles. The first-order valence-corrected chi connectivity index (χ1v) is 6.95. The lowest BCUT2D eigenvalue weighted by Crippen LogP contribution is -2.08. The van der Waals surface area contributed by atoms with Crippen molar-refractivity contribution in [2.45, 2.75) is 38.1 Å². The van der Waals surface area contributed by atoms with Gasteiger partial charge in [-0.25, -0.2) is 9.37 Å². The molecule has 2 atom stereocenters. The molecule has 1 aliphatic carbocycles. The van der Waals surface area contributed by atoms with Gasteiger partial charge in [0.15, 0.2) is 0 Å². The van der Waals surface area contributed by atoms with Gasteiger partial charge in [-0.15, -0.1) is 11.6 Å². The molecule has 96 valence electrons. The summed E-state index contributed by atoms with van der Waals surface area (Å²) in [5, 5.41) is 0. The normalized spacial score (nSPS) is 23.9. The van der Waals surface area contributed by atoms with Crippen LogP contribution in [-0.2, 0) is 5.88 Å². The first-order chi connectivity index (χ1) is 8.69. The van der Waals surface area contributed by atoms with E-state index in [9.17, 15) is 4.39 Å². The second kappa shape index (κ2) is 4.54. The van der Waals surface area contributed by atoms with E-state index >= 15 is 0 Å². The third-order valence-corrected chi connectivity index (χ3v) is 4.12. The predicted molar refractivity (Wildman–Crippen MR) is 71.3 cm³/mol. The van der Waals surface area contributed by atoms with Gasteiger partial charge >= 0.3 is 0 Å². The number of halogens is 2. The number of benzene rings is 1. The van der Waals surface area contributed by atoms with Gasteiger partial charge in [-0.3, -0.25) is 0 Å². The second-order valence-corrected chi connectivity index (χ2v) is 5.50. The van der Waals surface area contributed by atoms with Gasteiger partial charge in [0.25, 0.3) is 0 Å². The molecule has 18 heavy (non-hydrogen) atoms. The van der Waals surface area contributed by atoms with Crippen LogP contribution in [0.4, 0.5) is 4.39 Å². The maximum atomic E-state index is 13.4. The topological polar surface area (TPSA) is 17.8 Å². The molecule has 1 aliphatic rings. The van der Waals surface area contributed by atoms with E-state index in [1.807, 2.05) is 0 Å². The lowest BCUT2D eigenvalue weighted by Gasteiger charge is -2.15. The molecule has 0 amide bonds. The minimum Gasteiger partial charge on any atom is -0.324 e. The molecule has 0 radical (unpaired) electrons. The van der Waals surface area contributed by atoms with Gasteiger partial charge in [-0.05, 0) is 43.4 Å². The van der Waals surface area contributed by atoms with Crippen molar-refractivity contribution >= 4 is 22.6 Å². The summed E-state index contributed by atoms with van der Waals surface area (Å²) < 4.78 is 15.6. The largest absolute Gasteiger partial charge is 0.324 e. The smallest absolute Gasteiger partial charge is 0.125 e. The number of alkyl halides is 1. The van der Waals surface area contributed by atoms with E-state index in [1.165, 1.54) is 12.5 Å². The second-order valence-electron chi connectivity index (χ2n) is 5.24. The van der Waals surface area contributed by atoms with Crippen LogP contribution in [0.1, 0.15) is 38.1 Å². The average Bonchev–Trinajstić information content (AvgIpc) is 2.91. The molecule has 3 rings (SSSR count). The van der Waals surface area contributed by atoms with Crippen molar-refractivity contribution in [3.8, 4) is 0 Å². The summed E-state index contributed by atoms with van der Waals surface area (Å²) in [6, 6.07) is 5.17. The molecule has 0 N–H and O–H groups in total. The van der Waals surface area contributed by atoms with Crippen LogP contribution in [0.2, 0.25) is 0 Å². The van der Waals surface area contributed by atoms with Gasteiger partial charge in [0.1, 0.15) is 11.6 Å². The summed E-state index contributed by atoms with van der Waals surface area (Å²) in [7, 11) is 0. The van der Waals surface area contributed by atoms with Crippen LogP contribution in [0.15, 0.2) is 18.2 Å². The van der Waals surface area contributed by atoms with E-state index in [2.05, 4.69) is 16.5 Å². The molecule has 2 nitrogen and oxygen atoms in total. The third kappa shape index (κ3) is 1.91. The molecule has 1 fully saturated rings. The van der Waals surface area contributed by atoms with E-state index in [0.717, 1.165) is 35.6 Å². The number of hydrogen-bond donors (Lipinski definition) is 0. The predicted octanol–water partition coefficient (Wildman–Crippen LogP) is 4.28. The molecule has 2 unspecified atom stereocenters. The van der Waals surface area contributed by atoms with Crippen LogP contribution < -0.4 is 0 Å². The van der Waals surface area contributed by atoms with Crippen LogP contribution in [-0.4, -0.2) is 9.55 Å². The maximum Gasteiger partial charge on any atom is 0.125 e. The summed E-state index contributed by atoms with van der Waals surface area (Å²) in [5.74, 6) is 1.75. The van der Waals surface area contributed by atoms with E-state index in [0.29, 0.717) is 11.9 Å². The van der Waals surface area contributed by atoms with Crippen molar-refractivity contribution in [3.63, 3.8) is 0 Å². The quantitative estimate of drug-likeness (QED) is 0.742. The van der Waals surface area contributed by atoms with Gasteiger partial charge in [0, 0.05) is 6.04 Å². The van der Waals surface area contributed by atoms with Gasteiger partial charge in [0.05, 0.1) is 16.9 Å². The summed E-state index contributed by atoms with van der Waals surface area (Å²) in [6.45, 7) is 2.26. The standard InChI is InChI=1S/C14H16ClFN2/c1-9-2-4-11(6-9)18-13-7-10(16)3-5-12(13)17-14(18)8-15/h3,5,7,9,11H,2,4,6,8H2,1H3. The third-order valence-electron chi connectivity index (χ3n) is 3.88. The summed E-state index contributed by atoms with van der Waals surface area (Å²) in [6.07, 6.45) is 3.49. The van der Waals surface area contributed by atoms with E-state index < -0.39 is 0 Å². The van der Waals surface area contributed by atoms with Crippen LogP contribution >= 0.6 is 11.6 Å². The lowest BCUT2D eigenvalue weighted by atomic mass is 10.1. The van der Waals surface area contributed by atoms with Crippen molar-refractivity contribution in [2.75, 3.05) is 0 Å². The number of fused-ring (bicyclic) bond motifs is 1. The van der Waals surface area contributed by atoms with Crippen molar-refractivity contribution in [3.05, 3.63) is 29.8 Å². The SMILES string of the molecule is CC1CCC(n2c(CCl)nc3ccc(F)cc32)C1. The molecule has 4 heteroatoms. The molecule has 0 spiro atoms. The number of rotatable bonds is 2. The Balaban J connectivity index is 2.15. The zero-order chi connectivity index (χ0) is 12.7. The van der Waals surface area contributed by atoms with Gasteiger partial charge < -0.3 is 4.57 Å². The number of imidazole rings is 1. The zero-order valence-corrected chi connectivity index (χ0v) is 11.1. The molecule has 0 saturated heterocycles. The first kappa shape index (κ1) is 12.0. The van der Waals surface area contributed by atoms with Crippen molar-refractivity contribution in [1.29, 1.82) is 0 Å². The van der Waals surface area contributed by atoms with E-state index in [4.69, 9.17) is 11.6 Å². The van der Waals surface area contributed by atoms with Crippen LogP contribution in [0, 0.1) is 11.7 Å². The number of hydrogen-bond acceptors (Lipinski definition) is 1. The highest BCUT2D eigenvalue weighted by atomic mass is 35.5. The minimum absolute atomic E-state index is 0.212.